The quantitative estimate of drug-likeness (QED) is 0.750. The number of imide groups is 1. The lowest BCUT2D eigenvalue weighted by atomic mass is 10.1. The van der Waals surface area contributed by atoms with E-state index in [1.807, 2.05) is 30.3 Å². The lowest BCUT2D eigenvalue weighted by Crippen LogP contribution is -2.37. The second-order valence-electron chi connectivity index (χ2n) is 5.90. The predicted molar refractivity (Wildman–Crippen MR) is 107 cm³/mol. The first-order valence-electron chi connectivity index (χ1n) is 8.34. The molecule has 2 aromatic carbocycles. The van der Waals surface area contributed by atoms with Gasteiger partial charge in [0.25, 0.3) is 11.1 Å². The van der Waals surface area contributed by atoms with E-state index in [1.54, 1.807) is 30.3 Å². The Bertz CT molecular complexity index is 882. The number of carbonyl (C=O) groups excluding carboxylic acids is 3. The predicted octanol–water partition coefficient (Wildman–Crippen LogP) is 3.74. The molecule has 3 rings (SSSR count). The van der Waals surface area contributed by atoms with Crippen LogP contribution in [0.3, 0.4) is 0 Å². The van der Waals surface area contributed by atoms with Crippen LogP contribution in [0.2, 0.25) is 5.02 Å². The lowest BCUT2D eigenvalue weighted by molar-refractivity contribution is -0.124. The van der Waals surface area contributed by atoms with E-state index in [9.17, 15) is 14.4 Å². The van der Waals surface area contributed by atoms with Crippen molar-refractivity contribution in [2.24, 2.45) is 0 Å². The molecule has 27 heavy (non-hydrogen) atoms. The molecule has 0 unspecified atom stereocenters. The zero-order valence-corrected chi connectivity index (χ0v) is 15.9. The third kappa shape index (κ3) is 5.21. The van der Waals surface area contributed by atoms with Crippen LogP contribution in [-0.2, 0) is 16.0 Å². The van der Waals surface area contributed by atoms with Gasteiger partial charge in [-0.1, -0.05) is 54.1 Å². The summed E-state index contributed by atoms with van der Waals surface area (Å²) in [6, 6.07) is 16.4. The molecule has 1 N–H and O–H groups in total. The molecule has 0 radical (unpaired) electrons. The van der Waals surface area contributed by atoms with Gasteiger partial charge in [0.15, 0.2) is 0 Å². The second kappa shape index (κ2) is 8.88. The molecule has 7 heteroatoms. The van der Waals surface area contributed by atoms with Crippen molar-refractivity contribution in [3.8, 4) is 0 Å². The average molecular weight is 401 g/mol. The van der Waals surface area contributed by atoms with Crippen molar-refractivity contribution < 1.29 is 14.4 Å². The topological polar surface area (TPSA) is 66.5 Å². The highest BCUT2D eigenvalue weighted by Crippen LogP contribution is 2.31. The number of carbonyl (C=O) groups is 3. The maximum absolute atomic E-state index is 12.4. The second-order valence-corrected chi connectivity index (χ2v) is 7.33. The van der Waals surface area contributed by atoms with E-state index in [2.05, 4.69) is 5.32 Å². The Balaban J connectivity index is 1.51. The van der Waals surface area contributed by atoms with Gasteiger partial charge in [-0.25, -0.2) is 0 Å². The van der Waals surface area contributed by atoms with Gasteiger partial charge >= 0.3 is 0 Å². The zero-order valence-electron chi connectivity index (χ0n) is 14.4. The fraction of sp³-hybridized carbons (Fsp3) is 0.150. The molecule has 2 aromatic rings. The molecule has 0 saturated carbocycles. The van der Waals surface area contributed by atoms with Gasteiger partial charge in [0.05, 0.1) is 11.3 Å². The smallest absolute Gasteiger partial charge is 0.293 e. The highest BCUT2D eigenvalue weighted by atomic mass is 35.5. The van der Waals surface area contributed by atoms with Crippen LogP contribution in [0.1, 0.15) is 11.1 Å². The van der Waals surface area contributed by atoms with Crippen molar-refractivity contribution in [1.82, 2.24) is 10.2 Å². The van der Waals surface area contributed by atoms with Crippen molar-refractivity contribution in [3.05, 3.63) is 75.7 Å². The summed E-state index contributed by atoms with van der Waals surface area (Å²) in [4.78, 5) is 38.0. The van der Waals surface area contributed by atoms with Gasteiger partial charge in [-0.2, -0.15) is 0 Å². The number of amides is 3. The first kappa shape index (κ1) is 19.2. The molecule has 5 nitrogen and oxygen atoms in total. The van der Waals surface area contributed by atoms with Crippen LogP contribution in [-0.4, -0.2) is 35.0 Å². The minimum absolute atomic E-state index is 0.142. The van der Waals surface area contributed by atoms with Crippen molar-refractivity contribution in [2.45, 2.75) is 6.42 Å². The Labute approximate surface area is 166 Å². The SMILES string of the molecule is O=C(Cc1ccc(Cl)cc1)NCCN1C(=O)SC(=Cc2ccccc2)C1=O. The lowest BCUT2D eigenvalue weighted by Gasteiger charge is -2.13. The largest absolute Gasteiger partial charge is 0.354 e. The van der Waals surface area contributed by atoms with Gasteiger partial charge < -0.3 is 5.32 Å². The van der Waals surface area contributed by atoms with E-state index in [1.165, 1.54) is 0 Å². The molecule has 138 valence electrons. The van der Waals surface area contributed by atoms with Crippen LogP contribution in [0.15, 0.2) is 59.5 Å². The molecule has 1 fully saturated rings. The highest BCUT2D eigenvalue weighted by molar-refractivity contribution is 8.18. The Morgan fingerprint density at radius 2 is 1.78 bits per heavy atom. The summed E-state index contributed by atoms with van der Waals surface area (Å²) in [5.74, 6) is -0.509. The zero-order chi connectivity index (χ0) is 19.2. The van der Waals surface area contributed by atoms with E-state index in [0.29, 0.717) is 9.93 Å². The van der Waals surface area contributed by atoms with E-state index in [-0.39, 0.29) is 36.6 Å². The number of halogens is 1. The maximum Gasteiger partial charge on any atom is 0.293 e. The van der Waals surface area contributed by atoms with Crippen molar-refractivity contribution in [1.29, 1.82) is 0 Å². The highest BCUT2D eigenvalue weighted by Gasteiger charge is 2.34. The minimum Gasteiger partial charge on any atom is -0.354 e. The summed E-state index contributed by atoms with van der Waals surface area (Å²) in [6.07, 6.45) is 1.91. The Hall–Kier alpha value is -2.57. The van der Waals surface area contributed by atoms with Gasteiger partial charge in [0.1, 0.15) is 0 Å². The van der Waals surface area contributed by atoms with Crippen LogP contribution in [0.25, 0.3) is 6.08 Å². The number of hydrogen-bond donors (Lipinski definition) is 1. The molecule has 0 bridgehead atoms. The fourth-order valence-corrected chi connectivity index (χ4v) is 3.54. The molecule has 1 aliphatic heterocycles. The van der Waals surface area contributed by atoms with Gasteiger partial charge in [-0.3, -0.25) is 19.3 Å². The first-order chi connectivity index (χ1) is 13.0. The number of nitrogens with one attached hydrogen (secondary N) is 1. The number of nitrogens with zero attached hydrogens (tertiary/aromatic N) is 1. The van der Waals surface area contributed by atoms with Crippen LogP contribution in [0.5, 0.6) is 0 Å². The average Bonchev–Trinajstić information content (AvgIpc) is 2.92. The molecule has 0 aromatic heterocycles. The molecule has 0 atom stereocenters. The molecule has 0 spiro atoms. The molecule has 0 aliphatic carbocycles. The van der Waals surface area contributed by atoms with Crippen molar-refractivity contribution in [3.63, 3.8) is 0 Å². The molecular weight excluding hydrogens is 384 g/mol. The van der Waals surface area contributed by atoms with Gasteiger partial charge in [-0.05, 0) is 41.1 Å². The van der Waals surface area contributed by atoms with Gasteiger partial charge in [0.2, 0.25) is 5.91 Å². The third-order valence-corrected chi connectivity index (χ3v) is 5.07. The summed E-state index contributed by atoms with van der Waals surface area (Å²) in [6.45, 7) is 0.353. The Kier molecular flexibility index (Phi) is 6.32. The van der Waals surface area contributed by atoms with Crippen molar-refractivity contribution in [2.75, 3.05) is 13.1 Å². The summed E-state index contributed by atoms with van der Waals surface area (Å²) < 4.78 is 0. The molecular formula is C20H17ClN2O3S. The Morgan fingerprint density at radius 3 is 2.48 bits per heavy atom. The van der Waals surface area contributed by atoms with Crippen LogP contribution < -0.4 is 5.32 Å². The van der Waals surface area contributed by atoms with Crippen LogP contribution >= 0.6 is 23.4 Å². The fourth-order valence-electron chi connectivity index (χ4n) is 2.55. The summed E-state index contributed by atoms with van der Waals surface area (Å²) in [7, 11) is 0. The first-order valence-corrected chi connectivity index (χ1v) is 9.54. The number of thioether (sulfide) groups is 1. The summed E-state index contributed by atoms with van der Waals surface area (Å²) >= 11 is 6.73. The number of hydrogen-bond acceptors (Lipinski definition) is 4. The minimum atomic E-state index is -0.333. The monoisotopic (exact) mass is 400 g/mol. The Morgan fingerprint density at radius 1 is 1.07 bits per heavy atom. The standard InChI is InChI=1S/C20H17ClN2O3S/c21-16-8-6-15(7-9-16)13-18(24)22-10-11-23-19(25)17(27-20(23)26)12-14-4-2-1-3-5-14/h1-9,12H,10-11,13H2,(H,22,24). The number of rotatable bonds is 6. The number of benzene rings is 2. The summed E-state index contributed by atoms with van der Waals surface area (Å²) in [5, 5.41) is 3.02. The van der Waals surface area contributed by atoms with E-state index in [4.69, 9.17) is 11.6 Å². The van der Waals surface area contributed by atoms with Crippen molar-refractivity contribution >= 4 is 46.5 Å². The van der Waals surface area contributed by atoms with E-state index >= 15 is 0 Å². The van der Waals surface area contributed by atoms with E-state index < -0.39 is 0 Å². The van der Waals surface area contributed by atoms with Gasteiger partial charge in [-0.15, -0.1) is 0 Å². The van der Waals surface area contributed by atoms with E-state index in [0.717, 1.165) is 27.8 Å². The molecule has 1 saturated heterocycles. The molecule has 3 amide bonds. The molecule has 1 heterocycles. The summed E-state index contributed by atoms with van der Waals surface area (Å²) in [5.41, 5.74) is 1.70. The third-order valence-electron chi connectivity index (χ3n) is 3.91. The van der Waals surface area contributed by atoms with Crippen LogP contribution in [0, 0.1) is 0 Å². The molecule has 1 aliphatic rings. The van der Waals surface area contributed by atoms with Gasteiger partial charge in [0, 0.05) is 18.1 Å². The van der Waals surface area contributed by atoms with Crippen LogP contribution in [0.4, 0.5) is 4.79 Å². The normalized spacial score (nSPS) is 15.4. The maximum atomic E-state index is 12.4.